The molecule has 1 aromatic rings. The molecule has 134 valence electrons. The van der Waals surface area contributed by atoms with Gasteiger partial charge >= 0.3 is 6.09 Å². The van der Waals surface area contributed by atoms with E-state index in [-0.39, 0.29) is 36.4 Å². The Kier molecular flexibility index (Phi) is 5.37. The summed E-state index contributed by atoms with van der Waals surface area (Å²) in [5.74, 6) is -0.798. The van der Waals surface area contributed by atoms with Crippen LogP contribution in [0, 0.1) is 5.95 Å². The highest BCUT2D eigenvalue weighted by Gasteiger charge is 2.51. The number of amides is 1. The number of carbonyl (C=O) groups is 1. The number of hydrogen-bond acceptors (Lipinski definition) is 5. The molecule has 0 spiro atoms. The van der Waals surface area contributed by atoms with Gasteiger partial charge in [0.25, 0.3) is 0 Å². The number of hydrogen-bond donors (Lipinski definition) is 1. The van der Waals surface area contributed by atoms with E-state index in [0.29, 0.717) is 0 Å². The number of aromatic nitrogens is 1. The number of carbonyl (C=O) groups excluding carboxylic acids is 1. The minimum Gasteiger partial charge on any atom is -0.422 e. The lowest BCUT2D eigenvalue weighted by molar-refractivity contribution is -0.116. The van der Waals surface area contributed by atoms with Crippen LogP contribution < -0.4 is 0 Å². The minimum atomic E-state index is -1.38. The van der Waals surface area contributed by atoms with Crippen molar-refractivity contribution in [1.82, 2.24) is 9.88 Å². The summed E-state index contributed by atoms with van der Waals surface area (Å²) in [5, 5.41) is 10.7. The van der Waals surface area contributed by atoms with E-state index in [1.165, 1.54) is 19.2 Å². The van der Waals surface area contributed by atoms with Crippen LogP contribution in [0.15, 0.2) is 12.1 Å². The topological polar surface area (TPSA) is 71.9 Å². The van der Waals surface area contributed by atoms with Gasteiger partial charge in [0, 0.05) is 37.1 Å². The predicted molar refractivity (Wildman–Crippen MR) is 86.1 cm³/mol. The molecule has 0 bridgehead atoms. The molecule has 1 fully saturated rings. The number of ether oxygens (including phenoxy) is 2. The fraction of sp³-hybridized carbons (Fsp3) is 0.625. The molecule has 1 aliphatic carbocycles. The molecule has 1 aromatic heterocycles. The Balaban J connectivity index is 2.15. The molecule has 0 aliphatic heterocycles. The number of pyridine rings is 1. The van der Waals surface area contributed by atoms with Gasteiger partial charge < -0.3 is 19.5 Å². The van der Waals surface area contributed by atoms with Crippen molar-refractivity contribution in [3.05, 3.63) is 28.8 Å². The van der Waals surface area contributed by atoms with Gasteiger partial charge in [-0.15, -0.1) is 0 Å². The normalized spacial score (nSPS) is 23.5. The summed E-state index contributed by atoms with van der Waals surface area (Å²) >= 11 is 5.64. The molecular formula is C16H22ClFN2O4. The van der Waals surface area contributed by atoms with Crippen LogP contribution in [0.2, 0.25) is 5.15 Å². The lowest BCUT2D eigenvalue weighted by Gasteiger charge is -2.52. The molecule has 0 saturated heterocycles. The van der Waals surface area contributed by atoms with Crippen molar-refractivity contribution < 1.29 is 23.8 Å². The van der Waals surface area contributed by atoms with E-state index in [9.17, 15) is 14.3 Å². The first-order chi connectivity index (χ1) is 11.1. The van der Waals surface area contributed by atoms with Crippen LogP contribution in [-0.4, -0.2) is 46.6 Å². The van der Waals surface area contributed by atoms with Gasteiger partial charge in [0.15, 0.2) is 6.79 Å². The van der Waals surface area contributed by atoms with Gasteiger partial charge in [-0.2, -0.15) is 4.39 Å². The fourth-order valence-corrected chi connectivity index (χ4v) is 3.17. The molecule has 24 heavy (non-hydrogen) atoms. The number of aliphatic hydroxyl groups is 1. The third-order valence-electron chi connectivity index (χ3n) is 4.05. The van der Waals surface area contributed by atoms with Crippen molar-refractivity contribution in [2.24, 2.45) is 0 Å². The summed E-state index contributed by atoms with van der Waals surface area (Å²) in [6, 6.07) is 2.57. The third kappa shape index (κ3) is 3.79. The lowest BCUT2D eigenvalue weighted by Crippen LogP contribution is -2.61. The van der Waals surface area contributed by atoms with Gasteiger partial charge in [-0.1, -0.05) is 11.6 Å². The van der Waals surface area contributed by atoms with Crippen molar-refractivity contribution in [2.45, 2.75) is 50.8 Å². The second-order valence-corrected chi connectivity index (χ2v) is 7.31. The molecule has 2 rings (SSSR count). The van der Waals surface area contributed by atoms with Crippen molar-refractivity contribution in [2.75, 3.05) is 13.9 Å². The molecule has 1 amide bonds. The Morgan fingerprint density at radius 1 is 1.50 bits per heavy atom. The van der Waals surface area contributed by atoms with Crippen LogP contribution >= 0.6 is 11.6 Å². The highest BCUT2D eigenvalue weighted by atomic mass is 35.5. The monoisotopic (exact) mass is 360 g/mol. The van der Waals surface area contributed by atoms with Crippen molar-refractivity contribution in [1.29, 1.82) is 0 Å². The molecule has 1 saturated carbocycles. The molecule has 1 aliphatic rings. The van der Waals surface area contributed by atoms with Crippen molar-refractivity contribution in [3.8, 4) is 0 Å². The van der Waals surface area contributed by atoms with E-state index in [4.69, 9.17) is 21.1 Å². The summed E-state index contributed by atoms with van der Waals surface area (Å²) in [4.78, 5) is 17.4. The highest BCUT2D eigenvalue weighted by Crippen LogP contribution is 2.46. The average Bonchev–Trinajstić information content (AvgIpc) is 2.41. The van der Waals surface area contributed by atoms with E-state index in [0.717, 1.165) is 0 Å². The average molecular weight is 361 g/mol. The third-order valence-corrected chi connectivity index (χ3v) is 4.26. The molecular weight excluding hydrogens is 339 g/mol. The first-order valence-electron chi connectivity index (χ1n) is 7.58. The predicted octanol–water partition coefficient (Wildman–Crippen LogP) is 3.07. The first kappa shape index (κ1) is 18.9. The van der Waals surface area contributed by atoms with Crippen LogP contribution in [0.25, 0.3) is 0 Å². The van der Waals surface area contributed by atoms with Gasteiger partial charge in [0.1, 0.15) is 5.15 Å². The van der Waals surface area contributed by atoms with E-state index in [1.807, 2.05) is 20.8 Å². The summed E-state index contributed by atoms with van der Waals surface area (Å²) in [6.07, 6.45) is -0.162. The van der Waals surface area contributed by atoms with Gasteiger partial charge in [-0.05, 0) is 32.9 Å². The first-order valence-corrected chi connectivity index (χ1v) is 7.96. The Labute approximate surface area is 145 Å². The van der Waals surface area contributed by atoms with Gasteiger partial charge in [-0.3, -0.25) is 0 Å². The van der Waals surface area contributed by atoms with E-state index >= 15 is 0 Å². The SMILES string of the molecule is COCOC(=O)N(C1CC(O)(c2ccc(Cl)nc2F)C1)C(C)(C)C. The van der Waals surface area contributed by atoms with E-state index < -0.39 is 23.2 Å². The summed E-state index contributed by atoms with van der Waals surface area (Å²) in [7, 11) is 1.42. The molecule has 1 heterocycles. The van der Waals surface area contributed by atoms with E-state index in [2.05, 4.69) is 4.98 Å². The second kappa shape index (κ2) is 6.82. The molecule has 0 radical (unpaired) electrons. The quantitative estimate of drug-likeness (QED) is 0.660. The standard InChI is InChI=1S/C16H22ClFN2O4/c1-15(2,3)20(14(21)24-9-23-4)10-7-16(22,8-10)11-5-6-12(17)19-13(11)18/h5-6,10,22H,7-9H2,1-4H3. The smallest absolute Gasteiger partial charge is 0.412 e. The van der Waals surface area contributed by atoms with Gasteiger partial charge in [0.2, 0.25) is 5.95 Å². The number of nitrogens with zero attached hydrogens (tertiary/aromatic N) is 2. The number of methoxy groups -OCH3 is 1. The van der Waals surface area contributed by atoms with Crippen molar-refractivity contribution >= 4 is 17.7 Å². The highest BCUT2D eigenvalue weighted by molar-refractivity contribution is 6.29. The summed E-state index contributed by atoms with van der Waals surface area (Å²) < 4.78 is 23.8. The number of rotatable bonds is 4. The van der Waals surface area contributed by atoms with E-state index in [1.54, 1.807) is 4.90 Å². The van der Waals surface area contributed by atoms with Crippen LogP contribution in [0.5, 0.6) is 0 Å². The summed E-state index contributed by atoms with van der Waals surface area (Å²) in [5.41, 5.74) is -1.81. The minimum absolute atomic E-state index is 0.0233. The lowest BCUT2D eigenvalue weighted by atomic mass is 9.70. The Morgan fingerprint density at radius 3 is 2.62 bits per heavy atom. The zero-order valence-corrected chi connectivity index (χ0v) is 14.9. The maximum absolute atomic E-state index is 14.0. The molecule has 6 nitrogen and oxygen atoms in total. The Hall–Kier alpha value is -1.44. The zero-order valence-electron chi connectivity index (χ0n) is 14.2. The molecule has 0 atom stereocenters. The van der Waals surface area contributed by atoms with Gasteiger partial charge in [-0.25, -0.2) is 9.78 Å². The maximum atomic E-state index is 14.0. The zero-order chi connectivity index (χ0) is 18.1. The Morgan fingerprint density at radius 2 is 2.12 bits per heavy atom. The number of halogens is 2. The van der Waals surface area contributed by atoms with Crippen LogP contribution in [-0.2, 0) is 15.1 Å². The molecule has 0 unspecified atom stereocenters. The van der Waals surface area contributed by atoms with Crippen LogP contribution in [0.4, 0.5) is 9.18 Å². The molecule has 0 aromatic carbocycles. The van der Waals surface area contributed by atoms with Crippen LogP contribution in [0.3, 0.4) is 0 Å². The largest absolute Gasteiger partial charge is 0.422 e. The molecule has 1 N–H and O–H groups in total. The Bertz CT molecular complexity index is 615. The molecule has 8 heteroatoms. The van der Waals surface area contributed by atoms with Gasteiger partial charge in [0.05, 0.1) is 5.60 Å². The van der Waals surface area contributed by atoms with Crippen molar-refractivity contribution in [3.63, 3.8) is 0 Å². The fourth-order valence-electron chi connectivity index (χ4n) is 3.03. The summed E-state index contributed by atoms with van der Waals surface area (Å²) in [6.45, 7) is 5.44. The maximum Gasteiger partial charge on any atom is 0.412 e. The van der Waals surface area contributed by atoms with Crippen LogP contribution in [0.1, 0.15) is 39.2 Å². The second-order valence-electron chi connectivity index (χ2n) is 6.92.